The van der Waals surface area contributed by atoms with Gasteiger partial charge in [0.05, 0.1) is 6.10 Å². The van der Waals surface area contributed by atoms with Crippen LogP contribution >= 0.6 is 0 Å². The van der Waals surface area contributed by atoms with Gasteiger partial charge in [-0.05, 0) is 85.9 Å². The van der Waals surface area contributed by atoms with Crippen LogP contribution in [0.5, 0.6) is 0 Å². The number of epoxide rings is 1. The normalized spacial score (nSPS) is 53.1. The molecule has 5 rings (SSSR count). The Labute approximate surface area is 174 Å². The van der Waals surface area contributed by atoms with Crippen molar-refractivity contribution in [3.05, 3.63) is 0 Å². The highest BCUT2D eigenvalue weighted by Crippen LogP contribution is 2.74. The molecule has 28 heavy (non-hydrogen) atoms. The zero-order chi connectivity index (χ0) is 19.7. The van der Waals surface area contributed by atoms with Gasteiger partial charge < -0.3 is 4.74 Å². The molecule has 1 spiro atoms. The largest absolute Gasteiger partial charge is 0.365 e. The number of fused-ring (bicyclic) bond motifs is 4. The second kappa shape index (κ2) is 6.73. The maximum absolute atomic E-state index is 6.60. The predicted octanol–water partition coefficient (Wildman–Crippen LogP) is 7.63. The fraction of sp³-hybridized carbons (Fsp3) is 1.00. The van der Waals surface area contributed by atoms with Gasteiger partial charge in [-0.2, -0.15) is 0 Å². The van der Waals surface area contributed by atoms with E-state index in [-0.39, 0.29) is 0 Å². The lowest BCUT2D eigenvalue weighted by molar-refractivity contribution is -0.100. The molecule has 0 aromatic rings. The van der Waals surface area contributed by atoms with Gasteiger partial charge in [-0.1, -0.05) is 66.7 Å². The van der Waals surface area contributed by atoms with Crippen LogP contribution in [-0.4, -0.2) is 11.7 Å². The van der Waals surface area contributed by atoms with Crippen LogP contribution in [-0.2, 0) is 4.74 Å². The molecule has 0 amide bonds. The summed E-state index contributed by atoms with van der Waals surface area (Å²) in [5.74, 6) is 5.69. The van der Waals surface area contributed by atoms with Crippen LogP contribution in [0.3, 0.4) is 0 Å². The molecule has 0 aromatic carbocycles. The van der Waals surface area contributed by atoms with Crippen molar-refractivity contribution in [1.29, 1.82) is 0 Å². The van der Waals surface area contributed by atoms with E-state index in [1.807, 2.05) is 0 Å². The van der Waals surface area contributed by atoms with Crippen molar-refractivity contribution in [2.75, 3.05) is 0 Å². The first-order valence-electron chi connectivity index (χ1n) is 13.0. The van der Waals surface area contributed by atoms with Crippen LogP contribution in [0, 0.1) is 46.3 Å². The molecule has 5 fully saturated rings. The van der Waals surface area contributed by atoms with Gasteiger partial charge in [0, 0.05) is 5.41 Å². The molecule has 0 unspecified atom stereocenters. The summed E-state index contributed by atoms with van der Waals surface area (Å²) in [6.45, 7) is 12.8. The van der Waals surface area contributed by atoms with E-state index in [0.717, 1.165) is 35.5 Å². The molecule has 160 valence electrons. The molecule has 1 nitrogen and oxygen atoms in total. The van der Waals surface area contributed by atoms with Crippen LogP contribution in [0.15, 0.2) is 0 Å². The first-order valence-corrected chi connectivity index (χ1v) is 13.0. The molecule has 0 radical (unpaired) electrons. The summed E-state index contributed by atoms with van der Waals surface area (Å²) in [7, 11) is 0. The zero-order valence-electron chi connectivity index (χ0n) is 19.4. The molecule has 9 atom stereocenters. The van der Waals surface area contributed by atoms with Crippen molar-refractivity contribution in [3.8, 4) is 0 Å². The fourth-order valence-electron chi connectivity index (χ4n) is 9.74. The first-order chi connectivity index (χ1) is 13.3. The minimum absolute atomic E-state index is 0.322. The summed E-state index contributed by atoms with van der Waals surface area (Å²) in [4.78, 5) is 0. The van der Waals surface area contributed by atoms with Crippen molar-refractivity contribution in [2.24, 2.45) is 46.3 Å². The second-order valence-corrected chi connectivity index (χ2v) is 12.8. The van der Waals surface area contributed by atoms with E-state index in [2.05, 4.69) is 34.6 Å². The molecule has 4 saturated carbocycles. The summed E-state index contributed by atoms with van der Waals surface area (Å²) in [5, 5.41) is 0. The van der Waals surface area contributed by atoms with Crippen LogP contribution in [0.4, 0.5) is 0 Å². The van der Waals surface area contributed by atoms with Crippen molar-refractivity contribution < 1.29 is 4.74 Å². The summed E-state index contributed by atoms with van der Waals surface area (Å²) in [6.07, 6.45) is 18.1. The summed E-state index contributed by atoms with van der Waals surface area (Å²) in [5.41, 5.74) is 1.45. The van der Waals surface area contributed by atoms with Gasteiger partial charge in [-0.3, -0.25) is 0 Å². The van der Waals surface area contributed by atoms with Gasteiger partial charge in [0.15, 0.2) is 0 Å². The van der Waals surface area contributed by atoms with Crippen LogP contribution in [0.25, 0.3) is 0 Å². The van der Waals surface area contributed by atoms with Gasteiger partial charge in [0.2, 0.25) is 0 Å². The van der Waals surface area contributed by atoms with Crippen LogP contribution < -0.4 is 0 Å². The quantitative estimate of drug-likeness (QED) is 0.442. The molecular formula is C27H46O. The van der Waals surface area contributed by atoms with Crippen molar-refractivity contribution in [3.63, 3.8) is 0 Å². The minimum atomic E-state index is 0.322. The predicted molar refractivity (Wildman–Crippen MR) is 117 cm³/mol. The Morgan fingerprint density at radius 1 is 0.893 bits per heavy atom. The van der Waals surface area contributed by atoms with Gasteiger partial charge >= 0.3 is 0 Å². The third-order valence-corrected chi connectivity index (χ3v) is 11.2. The van der Waals surface area contributed by atoms with Crippen molar-refractivity contribution in [2.45, 2.75) is 123 Å². The second-order valence-electron chi connectivity index (χ2n) is 12.8. The van der Waals surface area contributed by atoms with Crippen LogP contribution in [0.1, 0.15) is 112 Å². The SMILES string of the molecule is CC(C)CCC[C@@H](C)[C@@H]1CC[C@@H]2[C@H]3C[C@@H]4O[C@@]45CCCC[C@]5(C)[C@@H]3CC[C@]21C. The van der Waals surface area contributed by atoms with E-state index >= 15 is 0 Å². The highest BCUT2D eigenvalue weighted by Gasteiger charge is 2.75. The molecular weight excluding hydrogens is 340 g/mol. The lowest BCUT2D eigenvalue weighted by atomic mass is 9.44. The molecule has 1 heteroatoms. The summed E-state index contributed by atoms with van der Waals surface area (Å²) >= 11 is 0. The topological polar surface area (TPSA) is 12.5 Å². The number of hydrogen-bond donors (Lipinski definition) is 0. The Morgan fingerprint density at radius 3 is 2.46 bits per heavy atom. The molecule has 0 aromatic heterocycles. The standard InChI is InChI=1S/C27H46O/c1-18(2)9-8-10-19(3)21-11-12-22-20-17-24-27(28-24)15-7-6-14-26(27,5)23(20)13-16-25(21,22)4/h18-24H,6-17H2,1-5H3/t19-,20-,21+,22-,23-,24+,25+,26-,27+/m1/s1. The minimum Gasteiger partial charge on any atom is -0.365 e. The maximum atomic E-state index is 6.60. The van der Waals surface area contributed by atoms with Gasteiger partial charge in [0.1, 0.15) is 5.60 Å². The van der Waals surface area contributed by atoms with Gasteiger partial charge in [0.25, 0.3) is 0 Å². The molecule has 1 saturated heterocycles. The fourth-order valence-corrected chi connectivity index (χ4v) is 9.74. The molecule has 1 heterocycles. The van der Waals surface area contributed by atoms with Crippen molar-refractivity contribution >= 4 is 0 Å². The van der Waals surface area contributed by atoms with E-state index < -0.39 is 0 Å². The summed E-state index contributed by atoms with van der Waals surface area (Å²) in [6, 6.07) is 0. The smallest absolute Gasteiger partial charge is 0.100 e. The monoisotopic (exact) mass is 386 g/mol. The zero-order valence-corrected chi connectivity index (χ0v) is 19.4. The van der Waals surface area contributed by atoms with Crippen molar-refractivity contribution in [1.82, 2.24) is 0 Å². The third kappa shape index (κ3) is 2.66. The average Bonchev–Trinajstić information content (AvgIpc) is 3.23. The number of ether oxygens (including phenoxy) is 1. The molecule has 4 aliphatic carbocycles. The molecule has 0 N–H and O–H groups in total. The van der Waals surface area contributed by atoms with E-state index in [9.17, 15) is 0 Å². The lowest BCUT2D eigenvalue weighted by Gasteiger charge is -2.59. The number of hydrogen-bond acceptors (Lipinski definition) is 1. The first kappa shape index (κ1) is 19.9. The Bertz CT molecular complexity index is 597. The van der Waals surface area contributed by atoms with E-state index in [1.54, 1.807) is 0 Å². The van der Waals surface area contributed by atoms with E-state index in [1.165, 1.54) is 77.0 Å². The highest BCUT2D eigenvalue weighted by atomic mass is 16.6. The number of rotatable bonds is 5. The maximum Gasteiger partial charge on any atom is 0.100 e. The van der Waals surface area contributed by atoms with Gasteiger partial charge in [-0.25, -0.2) is 0 Å². The Balaban J connectivity index is 1.33. The summed E-state index contributed by atoms with van der Waals surface area (Å²) < 4.78 is 6.60. The van der Waals surface area contributed by atoms with E-state index in [4.69, 9.17) is 4.74 Å². The van der Waals surface area contributed by atoms with E-state index in [0.29, 0.717) is 22.5 Å². The average molecular weight is 387 g/mol. The molecule has 5 aliphatic rings. The molecule has 1 aliphatic heterocycles. The lowest BCUT2D eigenvalue weighted by Crippen LogP contribution is -2.57. The molecule has 0 bridgehead atoms. The Hall–Kier alpha value is -0.0400. The third-order valence-electron chi connectivity index (χ3n) is 11.2. The Kier molecular flexibility index (Phi) is 4.78. The highest BCUT2D eigenvalue weighted by molar-refractivity contribution is 5.23. The van der Waals surface area contributed by atoms with Gasteiger partial charge in [-0.15, -0.1) is 0 Å². The Morgan fingerprint density at radius 2 is 1.68 bits per heavy atom. The van der Waals surface area contributed by atoms with Crippen LogP contribution in [0.2, 0.25) is 0 Å².